The molecule has 1 atom stereocenters. The highest BCUT2D eigenvalue weighted by molar-refractivity contribution is 5.69. The number of carbonyl (C=O) groups is 1. The number of methoxy groups -OCH3 is 1. The van der Waals surface area contributed by atoms with Crippen LogP contribution in [0.2, 0.25) is 0 Å². The Kier molecular flexibility index (Phi) is 4.44. The third kappa shape index (κ3) is 3.28. The lowest BCUT2D eigenvalue weighted by Gasteiger charge is -2.24. The van der Waals surface area contributed by atoms with Crippen LogP contribution in [0, 0.1) is 0 Å². The second kappa shape index (κ2) is 6.27. The molecule has 1 amide bonds. The van der Waals surface area contributed by atoms with Crippen molar-refractivity contribution < 1.29 is 14.3 Å². The molecule has 0 N–H and O–H groups in total. The quantitative estimate of drug-likeness (QED) is 0.782. The van der Waals surface area contributed by atoms with Crippen molar-refractivity contribution in [1.29, 1.82) is 0 Å². The molecule has 0 radical (unpaired) electrons. The molecule has 2 rings (SSSR count). The molecule has 1 fully saturated rings. The summed E-state index contributed by atoms with van der Waals surface area (Å²) in [7, 11) is 1.58. The van der Waals surface area contributed by atoms with E-state index < -0.39 is 0 Å². The molecule has 1 aliphatic heterocycles. The Hall–Kier alpha value is -1.97. The van der Waals surface area contributed by atoms with Crippen molar-refractivity contribution in [2.75, 3.05) is 13.7 Å². The molecule has 0 spiro atoms. The number of hydrogen-bond acceptors (Lipinski definition) is 3. The third-order valence-corrected chi connectivity index (χ3v) is 3.33. The Morgan fingerprint density at radius 1 is 1.42 bits per heavy atom. The maximum Gasteiger partial charge on any atom is 0.410 e. The predicted molar refractivity (Wildman–Crippen MR) is 72.5 cm³/mol. The number of likely N-dealkylation sites (tertiary alicyclic amines) is 1. The van der Waals surface area contributed by atoms with E-state index in [1.165, 1.54) is 0 Å². The molecule has 1 saturated heterocycles. The highest BCUT2D eigenvalue weighted by atomic mass is 16.6. The van der Waals surface area contributed by atoms with Gasteiger partial charge in [-0.2, -0.15) is 0 Å². The van der Waals surface area contributed by atoms with Crippen LogP contribution in [-0.2, 0) is 16.1 Å². The van der Waals surface area contributed by atoms with Gasteiger partial charge in [-0.15, -0.1) is 0 Å². The molecular weight excluding hydrogens is 242 g/mol. The third-order valence-electron chi connectivity index (χ3n) is 3.33. The number of benzene rings is 1. The summed E-state index contributed by atoms with van der Waals surface area (Å²) in [6.07, 6.45) is 1.53. The van der Waals surface area contributed by atoms with Crippen molar-refractivity contribution >= 4 is 6.09 Å². The molecule has 0 aromatic heterocycles. The molecular formula is C15H19NO3. The summed E-state index contributed by atoms with van der Waals surface area (Å²) in [5.74, 6) is 0.620. The molecule has 102 valence electrons. The first-order chi connectivity index (χ1) is 9.22. The molecule has 0 bridgehead atoms. The second-order valence-electron chi connectivity index (χ2n) is 4.56. The van der Waals surface area contributed by atoms with Crippen LogP contribution in [0.5, 0.6) is 0 Å². The smallest absolute Gasteiger partial charge is 0.410 e. The zero-order valence-electron chi connectivity index (χ0n) is 11.2. The van der Waals surface area contributed by atoms with E-state index in [0.717, 1.165) is 18.4 Å². The van der Waals surface area contributed by atoms with Crippen LogP contribution >= 0.6 is 0 Å². The van der Waals surface area contributed by atoms with Crippen molar-refractivity contribution in [1.82, 2.24) is 4.90 Å². The summed E-state index contributed by atoms with van der Waals surface area (Å²) in [5, 5.41) is 0. The van der Waals surface area contributed by atoms with Gasteiger partial charge >= 0.3 is 6.09 Å². The molecule has 1 aliphatic rings. The summed E-state index contributed by atoms with van der Waals surface area (Å²) >= 11 is 0. The molecule has 1 aromatic rings. The maximum atomic E-state index is 12.1. The molecule has 1 heterocycles. The average Bonchev–Trinajstić information content (AvgIpc) is 2.94. The number of carbonyl (C=O) groups excluding carboxylic acids is 1. The van der Waals surface area contributed by atoms with Crippen LogP contribution in [-0.4, -0.2) is 30.7 Å². The van der Waals surface area contributed by atoms with Crippen molar-refractivity contribution in [2.24, 2.45) is 0 Å². The topological polar surface area (TPSA) is 38.8 Å². The minimum atomic E-state index is -0.301. The maximum absolute atomic E-state index is 12.1. The van der Waals surface area contributed by atoms with Gasteiger partial charge in [-0.25, -0.2) is 4.79 Å². The van der Waals surface area contributed by atoms with Crippen LogP contribution in [0.3, 0.4) is 0 Å². The Morgan fingerprint density at radius 3 is 2.84 bits per heavy atom. The average molecular weight is 261 g/mol. The first-order valence-electron chi connectivity index (χ1n) is 6.42. The number of rotatable bonds is 4. The van der Waals surface area contributed by atoms with E-state index >= 15 is 0 Å². The predicted octanol–water partition coefficient (Wildman–Crippen LogP) is 2.95. The molecule has 0 saturated carbocycles. The zero-order chi connectivity index (χ0) is 13.7. The fraction of sp³-hybridized carbons (Fsp3) is 0.400. The minimum absolute atomic E-state index is 0.0618. The molecule has 0 aliphatic carbocycles. The first-order valence-corrected chi connectivity index (χ1v) is 6.42. The summed E-state index contributed by atoms with van der Waals surface area (Å²) in [5.41, 5.74) is 0.983. The van der Waals surface area contributed by atoms with E-state index in [-0.39, 0.29) is 12.1 Å². The number of nitrogens with zero attached hydrogens (tertiary/aromatic N) is 1. The Morgan fingerprint density at radius 2 is 2.16 bits per heavy atom. The summed E-state index contributed by atoms with van der Waals surface area (Å²) in [6.45, 7) is 4.82. The van der Waals surface area contributed by atoms with Gasteiger partial charge in [0.15, 0.2) is 0 Å². The Balaban J connectivity index is 1.90. The highest BCUT2D eigenvalue weighted by Gasteiger charge is 2.32. The van der Waals surface area contributed by atoms with Gasteiger partial charge in [0.05, 0.1) is 13.2 Å². The number of ether oxygens (including phenoxy) is 2. The lowest BCUT2D eigenvalue weighted by Crippen LogP contribution is -2.37. The largest absolute Gasteiger partial charge is 0.500 e. The molecule has 4 nitrogen and oxygen atoms in total. The monoisotopic (exact) mass is 261 g/mol. The van der Waals surface area contributed by atoms with E-state index in [1.54, 1.807) is 12.0 Å². The summed E-state index contributed by atoms with van der Waals surface area (Å²) in [4.78, 5) is 13.7. The van der Waals surface area contributed by atoms with Crippen LogP contribution < -0.4 is 0 Å². The fourth-order valence-corrected chi connectivity index (χ4v) is 2.26. The second-order valence-corrected chi connectivity index (χ2v) is 4.56. The molecule has 4 heteroatoms. The summed E-state index contributed by atoms with van der Waals surface area (Å²) < 4.78 is 10.5. The molecule has 0 unspecified atom stereocenters. The van der Waals surface area contributed by atoms with E-state index in [1.807, 2.05) is 30.3 Å². The van der Waals surface area contributed by atoms with E-state index in [2.05, 4.69) is 6.58 Å². The van der Waals surface area contributed by atoms with Gasteiger partial charge in [-0.1, -0.05) is 36.9 Å². The Labute approximate surface area is 113 Å². The number of amides is 1. The van der Waals surface area contributed by atoms with Crippen molar-refractivity contribution in [3.05, 3.63) is 48.2 Å². The SMILES string of the molecule is C=C(OC)[C@@H]1CCCN1C(=O)OCc1ccccc1. The summed E-state index contributed by atoms with van der Waals surface area (Å²) in [6, 6.07) is 9.59. The van der Waals surface area contributed by atoms with Crippen LogP contribution in [0.1, 0.15) is 18.4 Å². The van der Waals surface area contributed by atoms with Crippen molar-refractivity contribution in [3.63, 3.8) is 0 Å². The van der Waals surface area contributed by atoms with E-state index in [4.69, 9.17) is 9.47 Å². The normalized spacial score (nSPS) is 18.2. The lowest BCUT2D eigenvalue weighted by atomic mass is 10.2. The first kappa shape index (κ1) is 13.5. The van der Waals surface area contributed by atoms with E-state index in [0.29, 0.717) is 18.9 Å². The van der Waals surface area contributed by atoms with Gasteiger partial charge in [0.1, 0.15) is 12.4 Å². The van der Waals surface area contributed by atoms with Gasteiger partial charge < -0.3 is 9.47 Å². The van der Waals surface area contributed by atoms with Gasteiger partial charge in [-0.05, 0) is 18.4 Å². The van der Waals surface area contributed by atoms with Gasteiger partial charge in [-0.3, -0.25) is 4.90 Å². The molecule has 1 aromatic carbocycles. The van der Waals surface area contributed by atoms with Crippen LogP contribution in [0.15, 0.2) is 42.7 Å². The lowest BCUT2D eigenvalue weighted by molar-refractivity contribution is 0.0875. The zero-order valence-corrected chi connectivity index (χ0v) is 11.2. The van der Waals surface area contributed by atoms with E-state index in [9.17, 15) is 4.79 Å². The fourth-order valence-electron chi connectivity index (χ4n) is 2.26. The molecule has 19 heavy (non-hydrogen) atoms. The number of hydrogen-bond donors (Lipinski definition) is 0. The van der Waals surface area contributed by atoms with Crippen LogP contribution in [0.25, 0.3) is 0 Å². The van der Waals surface area contributed by atoms with Crippen molar-refractivity contribution in [2.45, 2.75) is 25.5 Å². The van der Waals surface area contributed by atoms with Crippen LogP contribution in [0.4, 0.5) is 4.79 Å². The standard InChI is InChI=1S/C15H19NO3/c1-12(18-2)14-9-6-10-16(14)15(17)19-11-13-7-4-3-5-8-13/h3-5,7-8,14H,1,6,9-11H2,2H3/t14-/m0/s1. The van der Waals surface area contributed by atoms with Gasteiger partial charge in [0.25, 0.3) is 0 Å². The highest BCUT2D eigenvalue weighted by Crippen LogP contribution is 2.24. The van der Waals surface area contributed by atoms with Gasteiger partial charge in [0, 0.05) is 6.54 Å². The van der Waals surface area contributed by atoms with Crippen molar-refractivity contribution in [3.8, 4) is 0 Å². The Bertz CT molecular complexity index is 444. The minimum Gasteiger partial charge on any atom is -0.500 e. The van der Waals surface area contributed by atoms with Gasteiger partial charge in [0.2, 0.25) is 0 Å².